The van der Waals surface area contributed by atoms with Crippen LogP contribution in [0.2, 0.25) is 0 Å². The molecule has 0 unspecified atom stereocenters. The third-order valence-electron chi connectivity index (χ3n) is 3.28. The summed E-state index contributed by atoms with van der Waals surface area (Å²) in [4.78, 5) is 0. The highest BCUT2D eigenvalue weighted by Gasteiger charge is 2.24. The summed E-state index contributed by atoms with van der Waals surface area (Å²) < 4.78 is 0. The molecule has 0 atom stereocenters. The zero-order chi connectivity index (χ0) is 11.6. The standard InChI is InChI=1S/C13H19NO/c1-9-6-7-12(8-10(9)2)13(4,5)11(3)14-15/h6-8,15H,1-5H3/b14-11+. The van der Waals surface area contributed by atoms with Crippen molar-refractivity contribution in [1.82, 2.24) is 0 Å². The van der Waals surface area contributed by atoms with E-state index in [4.69, 9.17) is 5.21 Å². The summed E-state index contributed by atoms with van der Waals surface area (Å²) in [6, 6.07) is 6.36. The highest BCUT2D eigenvalue weighted by Crippen LogP contribution is 2.26. The van der Waals surface area contributed by atoms with Crippen molar-refractivity contribution >= 4 is 5.71 Å². The lowest BCUT2D eigenvalue weighted by Crippen LogP contribution is -2.26. The summed E-state index contributed by atoms with van der Waals surface area (Å²) in [5, 5.41) is 12.1. The van der Waals surface area contributed by atoms with Crippen LogP contribution in [0.15, 0.2) is 23.4 Å². The Morgan fingerprint density at radius 1 is 1.20 bits per heavy atom. The van der Waals surface area contributed by atoms with Crippen molar-refractivity contribution in [3.05, 3.63) is 34.9 Å². The fourth-order valence-electron chi connectivity index (χ4n) is 1.46. The van der Waals surface area contributed by atoms with Gasteiger partial charge >= 0.3 is 0 Å². The van der Waals surface area contributed by atoms with Crippen LogP contribution in [0.1, 0.15) is 37.5 Å². The first-order chi connectivity index (χ1) is 6.89. The van der Waals surface area contributed by atoms with E-state index in [-0.39, 0.29) is 5.41 Å². The molecule has 15 heavy (non-hydrogen) atoms. The van der Waals surface area contributed by atoms with Crippen LogP contribution in [0.5, 0.6) is 0 Å². The first-order valence-corrected chi connectivity index (χ1v) is 5.16. The Bertz CT molecular complexity index is 392. The maximum atomic E-state index is 8.84. The summed E-state index contributed by atoms with van der Waals surface area (Å²) in [7, 11) is 0. The average Bonchev–Trinajstić information content (AvgIpc) is 2.20. The highest BCUT2D eigenvalue weighted by atomic mass is 16.4. The molecule has 0 fully saturated rings. The van der Waals surface area contributed by atoms with Gasteiger partial charge in [-0.2, -0.15) is 0 Å². The van der Waals surface area contributed by atoms with Gasteiger partial charge in [-0.3, -0.25) is 0 Å². The van der Waals surface area contributed by atoms with Crippen molar-refractivity contribution in [3.8, 4) is 0 Å². The molecule has 0 saturated heterocycles. The zero-order valence-corrected chi connectivity index (χ0v) is 10.1. The quantitative estimate of drug-likeness (QED) is 0.448. The van der Waals surface area contributed by atoms with Gasteiger partial charge in [0.15, 0.2) is 0 Å². The highest BCUT2D eigenvalue weighted by molar-refractivity contribution is 5.91. The van der Waals surface area contributed by atoms with E-state index in [1.807, 2.05) is 6.92 Å². The minimum atomic E-state index is -0.215. The first-order valence-electron chi connectivity index (χ1n) is 5.16. The van der Waals surface area contributed by atoms with Crippen molar-refractivity contribution < 1.29 is 5.21 Å². The van der Waals surface area contributed by atoms with Crippen LogP contribution >= 0.6 is 0 Å². The summed E-state index contributed by atoms with van der Waals surface area (Å²) in [5.41, 5.74) is 4.25. The zero-order valence-electron chi connectivity index (χ0n) is 10.1. The second-order valence-corrected chi connectivity index (χ2v) is 4.61. The molecule has 2 nitrogen and oxygen atoms in total. The predicted molar refractivity (Wildman–Crippen MR) is 63.8 cm³/mol. The Morgan fingerprint density at radius 3 is 2.27 bits per heavy atom. The van der Waals surface area contributed by atoms with Crippen LogP contribution in [-0.2, 0) is 5.41 Å². The summed E-state index contributed by atoms with van der Waals surface area (Å²) in [6.07, 6.45) is 0. The molecule has 0 bridgehead atoms. The molecular formula is C13H19NO. The summed E-state index contributed by atoms with van der Waals surface area (Å²) in [5.74, 6) is 0. The van der Waals surface area contributed by atoms with Gasteiger partial charge < -0.3 is 5.21 Å². The topological polar surface area (TPSA) is 32.6 Å². The molecule has 0 aliphatic rings. The molecule has 0 aromatic heterocycles. The van der Waals surface area contributed by atoms with Crippen LogP contribution in [0.3, 0.4) is 0 Å². The van der Waals surface area contributed by atoms with Crippen molar-refractivity contribution in [1.29, 1.82) is 0 Å². The lowest BCUT2D eigenvalue weighted by atomic mass is 9.80. The second kappa shape index (κ2) is 4.05. The van der Waals surface area contributed by atoms with Crippen molar-refractivity contribution in [2.75, 3.05) is 0 Å². The fraction of sp³-hybridized carbons (Fsp3) is 0.462. The minimum Gasteiger partial charge on any atom is -0.411 e. The van der Waals surface area contributed by atoms with E-state index in [0.29, 0.717) is 0 Å². The molecule has 1 N–H and O–H groups in total. The van der Waals surface area contributed by atoms with E-state index in [1.54, 1.807) is 0 Å². The molecule has 1 rings (SSSR count). The molecule has 0 saturated carbocycles. The third-order valence-corrected chi connectivity index (χ3v) is 3.28. The molecule has 1 aromatic rings. The van der Waals surface area contributed by atoms with Gasteiger partial charge in [0.25, 0.3) is 0 Å². The maximum absolute atomic E-state index is 8.84. The van der Waals surface area contributed by atoms with Crippen LogP contribution in [0.4, 0.5) is 0 Å². The molecule has 0 radical (unpaired) electrons. The Morgan fingerprint density at radius 2 is 1.80 bits per heavy atom. The minimum absolute atomic E-state index is 0.215. The van der Waals surface area contributed by atoms with E-state index in [0.717, 1.165) is 5.71 Å². The molecule has 0 amide bonds. The van der Waals surface area contributed by atoms with Gasteiger partial charge in [-0.15, -0.1) is 0 Å². The fourth-order valence-corrected chi connectivity index (χ4v) is 1.46. The number of benzene rings is 1. The molecule has 1 aromatic carbocycles. The first kappa shape index (κ1) is 11.8. The Labute approximate surface area is 91.6 Å². The summed E-state index contributed by atoms with van der Waals surface area (Å²) >= 11 is 0. The Hall–Kier alpha value is -1.31. The van der Waals surface area contributed by atoms with Crippen LogP contribution < -0.4 is 0 Å². The number of nitrogens with zero attached hydrogens (tertiary/aromatic N) is 1. The molecule has 0 aliphatic heterocycles. The monoisotopic (exact) mass is 205 g/mol. The normalized spacial score (nSPS) is 13.0. The SMILES string of the molecule is C/C(=N\O)C(C)(C)c1ccc(C)c(C)c1. The smallest absolute Gasteiger partial charge is 0.0639 e. The summed E-state index contributed by atoms with van der Waals surface area (Å²) in [6.45, 7) is 10.2. The number of aryl methyl sites for hydroxylation is 2. The largest absolute Gasteiger partial charge is 0.411 e. The van der Waals surface area contributed by atoms with E-state index < -0.39 is 0 Å². The van der Waals surface area contributed by atoms with Gasteiger partial charge in [0.2, 0.25) is 0 Å². The van der Waals surface area contributed by atoms with Crippen LogP contribution in [-0.4, -0.2) is 10.9 Å². The van der Waals surface area contributed by atoms with Gasteiger partial charge in [0.05, 0.1) is 5.71 Å². The molecular weight excluding hydrogens is 186 g/mol. The number of hydrogen-bond donors (Lipinski definition) is 1. The molecule has 2 heteroatoms. The van der Waals surface area contributed by atoms with Gasteiger partial charge in [-0.25, -0.2) is 0 Å². The van der Waals surface area contributed by atoms with E-state index in [9.17, 15) is 0 Å². The number of oxime groups is 1. The lowest BCUT2D eigenvalue weighted by Gasteiger charge is -2.24. The van der Waals surface area contributed by atoms with E-state index >= 15 is 0 Å². The number of hydrogen-bond acceptors (Lipinski definition) is 2. The van der Waals surface area contributed by atoms with Gasteiger partial charge in [0.1, 0.15) is 0 Å². The average molecular weight is 205 g/mol. The van der Waals surface area contributed by atoms with E-state index in [1.165, 1.54) is 16.7 Å². The van der Waals surface area contributed by atoms with Crippen molar-refractivity contribution in [3.63, 3.8) is 0 Å². The lowest BCUT2D eigenvalue weighted by molar-refractivity contribution is 0.314. The van der Waals surface area contributed by atoms with Gasteiger partial charge in [0, 0.05) is 5.41 Å². The van der Waals surface area contributed by atoms with Crippen molar-refractivity contribution in [2.45, 2.75) is 40.0 Å². The Balaban J connectivity index is 3.22. The molecule has 0 heterocycles. The Kier molecular flexibility index (Phi) is 3.18. The van der Waals surface area contributed by atoms with Gasteiger partial charge in [-0.1, -0.05) is 37.2 Å². The molecule has 82 valence electrons. The van der Waals surface area contributed by atoms with Crippen LogP contribution in [0, 0.1) is 13.8 Å². The number of rotatable bonds is 2. The van der Waals surface area contributed by atoms with Crippen LogP contribution in [0.25, 0.3) is 0 Å². The third kappa shape index (κ3) is 2.20. The second-order valence-electron chi connectivity index (χ2n) is 4.61. The predicted octanol–water partition coefficient (Wildman–Crippen LogP) is 3.43. The van der Waals surface area contributed by atoms with E-state index in [2.05, 4.69) is 51.0 Å². The maximum Gasteiger partial charge on any atom is 0.0639 e. The van der Waals surface area contributed by atoms with Gasteiger partial charge in [-0.05, 0) is 37.5 Å². The van der Waals surface area contributed by atoms with Crippen molar-refractivity contribution in [2.24, 2.45) is 5.16 Å². The molecule has 0 spiro atoms. The molecule has 0 aliphatic carbocycles.